The molecule has 3 rings (SSSR count). The van der Waals surface area contributed by atoms with E-state index in [4.69, 9.17) is 0 Å². The number of piperazine rings is 1. The van der Waals surface area contributed by atoms with Gasteiger partial charge in [-0.1, -0.05) is 0 Å². The van der Waals surface area contributed by atoms with Gasteiger partial charge in [0.25, 0.3) is 0 Å². The third kappa shape index (κ3) is 3.81. The Morgan fingerprint density at radius 2 is 1.68 bits per heavy atom. The van der Waals surface area contributed by atoms with Crippen molar-refractivity contribution in [3.63, 3.8) is 0 Å². The Morgan fingerprint density at radius 1 is 1.00 bits per heavy atom. The molecule has 0 radical (unpaired) electrons. The first-order valence-electron chi connectivity index (χ1n) is 8.02. The highest BCUT2D eigenvalue weighted by Gasteiger charge is 2.24. The van der Waals surface area contributed by atoms with Crippen LogP contribution in [0.1, 0.15) is 0 Å². The Labute approximate surface area is 148 Å². The molecular weight excluding hydrogens is 340 g/mol. The SMILES string of the molecule is CN(C)c1ccc(N2CCN(c3ncccc3S(C)(=O)=O)CC2)nn1. The maximum absolute atomic E-state index is 12.0. The molecule has 1 aliphatic heterocycles. The molecule has 134 valence electrons. The van der Waals surface area contributed by atoms with Crippen molar-refractivity contribution in [3.05, 3.63) is 30.5 Å². The van der Waals surface area contributed by atoms with Crippen molar-refractivity contribution in [3.8, 4) is 0 Å². The lowest BCUT2D eigenvalue weighted by atomic mass is 10.3. The van der Waals surface area contributed by atoms with Crippen molar-refractivity contribution in [2.45, 2.75) is 4.90 Å². The van der Waals surface area contributed by atoms with Gasteiger partial charge in [0.15, 0.2) is 21.5 Å². The van der Waals surface area contributed by atoms with Crippen molar-refractivity contribution < 1.29 is 8.42 Å². The van der Waals surface area contributed by atoms with Crippen molar-refractivity contribution >= 4 is 27.3 Å². The van der Waals surface area contributed by atoms with Crippen molar-refractivity contribution in [2.75, 3.05) is 61.2 Å². The average Bonchev–Trinajstić information content (AvgIpc) is 2.61. The fourth-order valence-electron chi connectivity index (χ4n) is 2.78. The molecule has 1 aliphatic rings. The van der Waals surface area contributed by atoms with E-state index >= 15 is 0 Å². The highest BCUT2D eigenvalue weighted by Crippen LogP contribution is 2.24. The van der Waals surface area contributed by atoms with Gasteiger partial charge in [0.1, 0.15) is 10.7 Å². The summed E-state index contributed by atoms with van der Waals surface area (Å²) in [4.78, 5) is 10.6. The molecule has 0 aromatic carbocycles. The number of pyridine rings is 1. The van der Waals surface area contributed by atoms with E-state index in [2.05, 4.69) is 20.1 Å². The van der Waals surface area contributed by atoms with Crippen LogP contribution in [0.25, 0.3) is 0 Å². The average molecular weight is 362 g/mol. The molecular formula is C16H22N6O2S. The van der Waals surface area contributed by atoms with Crippen LogP contribution in [0.4, 0.5) is 17.5 Å². The summed E-state index contributed by atoms with van der Waals surface area (Å²) in [5, 5.41) is 8.49. The first-order valence-corrected chi connectivity index (χ1v) is 9.91. The van der Waals surface area contributed by atoms with Gasteiger partial charge in [0.05, 0.1) is 0 Å². The molecule has 0 aliphatic carbocycles. The summed E-state index contributed by atoms with van der Waals surface area (Å²) in [5.74, 6) is 2.17. The van der Waals surface area contributed by atoms with Gasteiger partial charge >= 0.3 is 0 Å². The summed E-state index contributed by atoms with van der Waals surface area (Å²) in [7, 11) is 0.544. The molecule has 8 nitrogen and oxygen atoms in total. The van der Waals surface area contributed by atoms with E-state index in [0.717, 1.165) is 24.7 Å². The Hall–Kier alpha value is -2.42. The zero-order valence-corrected chi connectivity index (χ0v) is 15.4. The third-order valence-corrected chi connectivity index (χ3v) is 5.27. The summed E-state index contributed by atoms with van der Waals surface area (Å²) >= 11 is 0. The largest absolute Gasteiger partial charge is 0.361 e. The summed E-state index contributed by atoms with van der Waals surface area (Å²) in [6, 6.07) is 7.16. The summed E-state index contributed by atoms with van der Waals surface area (Å²) in [6.45, 7) is 2.82. The highest BCUT2D eigenvalue weighted by atomic mass is 32.2. The van der Waals surface area contributed by atoms with E-state index < -0.39 is 9.84 Å². The molecule has 1 saturated heterocycles. The van der Waals surface area contributed by atoms with Gasteiger partial charge in [0.2, 0.25) is 0 Å². The van der Waals surface area contributed by atoms with Crippen LogP contribution in [0.2, 0.25) is 0 Å². The van der Waals surface area contributed by atoms with Crippen LogP contribution in [0.5, 0.6) is 0 Å². The fraction of sp³-hybridized carbons (Fsp3) is 0.438. The Morgan fingerprint density at radius 3 is 2.24 bits per heavy atom. The van der Waals surface area contributed by atoms with Crippen molar-refractivity contribution in [1.82, 2.24) is 15.2 Å². The maximum Gasteiger partial charge on any atom is 0.179 e. The first-order chi connectivity index (χ1) is 11.9. The van der Waals surface area contributed by atoms with Crippen molar-refractivity contribution in [1.29, 1.82) is 0 Å². The van der Waals surface area contributed by atoms with E-state index in [-0.39, 0.29) is 4.90 Å². The molecule has 2 aromatic heterocycles. The normalized spacial score (nSPS) is 15.3. The minimum atomic E-state index is -3.31. The van der Waals surface area contributed by atoms with Gasteiger partial charge in [-0.25, -0.2) is 13.4 Å². The maximum atomic E-state index is 12.0. The molecule has 2 aromatic rings. The third-order valence-electron chi connectivity index (χ3n) is 4.15. The minimum absolute atomic E-state index is 0.276. The highest BCUT2D eigenvalue weighted by molar-refractivity contribution is 7.90. The van der Waals surface area contributed by atoms with Gasteiger partial charge in [0, 0.05) is 52.7 Å². The molecule has 0 spiro atoms. The van der Waals surface area contributed by atoms with E-state index in [9.17, 15) is 8.42 Å². The number of sulfone groups is 1. The quantitative estimate of drug-likeness (QED) is 0.785. The van der Waals surface area contributed by atoms with Gasteiger partial charge in [-0.05, 0) is 24.3 Å². The molecule has 0 unspecified atom stereocenters. The summed E-state index contributed by atoms with van der Waals surface area (Å²) < 4.78 is 23.9. The van der Waals surface area contributed by atoms with E-state index in [1.807, 2.05) is 36.0 Å². The first kappa shape index (κ1) is 17.4. The lowest BCUT2D eigenvalue weighted by Crippen LogP contribution is -2.47. The van der Waals surface area contributed by atoms with Gasteiger partial charge in [-0.15, -0.1) is 10.2 Å². The second-order valence-corrected chi connectivity index (χ2v) is 8.20. The van der Waals surface area contributed by atoms with E-state index in [0.29, 0.717) is 18.9 Å². The Balaban J connectivity index is 1.72. The molecule has 3 heterocycles. The number of hydrogen-bond acceptors (Lipinski definition) is 8. The predicted octanol–water partition coefficient (Wildman–Crippen LogP) is 0.668. The monoisotopic (exact) mass is 362 g/mol. The van der Waals surface area contributed by atoms with Gasteiger partial charge in [-0.3, -0.25) is 0 Å². The number of rotatable bonds is 4. The zero-order valence-electron chi connectivity index (χ0n) is 14.6. The zero-order chi connectivity index (χ0) is 18.0. The predicted molar refractivity (Wildman–Crippen MR) is 98.1 cm³/mol. The van der Waals surface area contributed by atoms with Crippen LogP contribution in [0, 0.1) is 0 Å². The molecule has 25 heavy (non-hydrogen) atoms. The molecule has 0 atom stereocenters. The number of aromatic nitrogens is 3. The van der Waals surface area contributed by atoms with Crippen LogP contribution in [-0.2, 0) is 9.84 Å². The van der Waals surface area contributed by atoms with Crippen LogP contribution in [0.3, 0.4) is 0 Å². The smallest absolute Gasteiger partial charge is 0.179 e. The number of anilines is 3. The fourth-order valence-corrected chi connectivity index (χ4v) is 3.62. The second-order valence-electron chi connectivity index (χ2n) is 6.22. The number of nitrogens with zero attached hydrogens (tertiary/aromatic N) is 6. The second kappa shape index (κ2) is 6.83. The van der Waals surface area contributed by atoms with Gasteiger partial charge < -0.3 is 14.7 Å². The van der Waals surface area contributed by atoms with Gasteiger partial charge in [-0.2, -0.15) is 0 Å². The molecule has 0 amide bonds. The Bertz CT molecular complexity index is 830. The van der Waals surface area contributed by atoms with Crippen molar-refractivity contribution in [2.24, 2.45) is 0 Å². The summed E-state index contributed by atoms with van der Waals surface area (Å²) in [6.07, 6.45) is 2.84. The Kier molecular flexibility index (Phi) is 4.76. The van der Waals surface area contributed by atoms with Crippen LogP contribution in [-0.4, -0.2) is 70.1 Å². The van der Waals surface area contributed by atoms with Crippen LogP contribution < -0.4 is 14.7 Å². The molecule has 1 fully saturated rings. The van der Waals surface area contributed by atoms with E-state index in [1.54, 1.807) is 18.3 Å². The standard InChI is InChI=1S/C16H22N6O2S/c1-20(2)14-6-7-15(19-18-14)21-9-11-22(12-10-21)16-13(25(3,23)24)5-4-8-17-16/h4-8H,9-12H2,1-3H3. The van der Waals surface area contributed by atoms with E-state index in [1.165, 1.54) is 6.26 Å². The van der Waals surface area contributed by atoms with Crippen LogP contribution >= 0.6 is 0 Å². The molecule has 0 bridgehead atoms. The summed E-state index contributed by atoms with van der Waals surface area (Å²) in [5.41, 5.74) is 0. The molecule has 9 heteroatoms. The molecule has 0 saturated carbocycles. The molecule has 0 N–H and O–H groups in total. The van der Waals surface area contributed by atoms with Crippen LogP contribution in [0.15, 0.2) is 35.4 Å². The minimum Gasteiger partial charge on any atom is -0.361 e. The topological polar surface area (TPSA) is 82.5 Å². The lowest BCUT2D eigenvalue weighted by molar-refractivity contribution is 0.597. The number of hydrogen-bond donors (Lipinski definition) is 0. The lowest BCUT2D eigenvalue weighted by Gasteiger charge is -2.36.